The van der Waals surface area contributed by atoms with Crippen LogP contribution in [0.3, 0.4) is 0 Å². The van der Waals surface area contributed by atoms with Crippen molar-refractivity contribution in [3.63, 3.8) is 0 Å². The van der Waals surface area contributed by atoms with Gasteiger partial charge in [-0.05, 0) is 43.6 Å². The Bertz CT molecular complexity index is 174. The van der Waals surface area contributed by atoms with E-state index in [2.05, 4.69) is 26.1 Å². The molecule has 15 heavy (non-hydrogen) atoms. The molecule has 0 saturated heterocycles. The molecule has 0 unspecified atom stereocenters. The monoisotopic (exact) mass is 213 g/mol. The van der Waals surface area contributed by atoms with Gasteiger partial charge in [0, 0.05) is 12.6 Å². The molecule has 0 aromatic rings. The standard InChI is InChI=1S/C13H27NO/c1-13(2,3)8-9-14-12-6-4-5-11(12)7-10-15/h11-12,14-15H,4-10H2,1-3H3/t11-,12+/m0/s1. The van der Waals surface area contributed by atoms with E-state index in [9.17, 15) is 0 Å². The molecule has 0 spiro atoms. The predicted octanol–water partition coefficient (Wildman–Crippen LogP) is 2.56. The second kappa shape index (κ2) is 5.86. The van der Waals surface area contributed by atoms with Crippen molar-refractivity contribution >= 4 is 0 Å². The number of rotatable bonds is 5. The third-order valence-corrected chi connectivity index (χ3v) is 3.44. The van der Waals surface area contributed by atoms with Crippen molar-refractivity contribution in [2.24, 2.45) is 11.3 Å². The topological polar surface area (TPSA) is 32.3 Å². The molecule has 0 aliphatic heterocycles. The quantitative estimate of drug-likeness (QED) is 0.735. The van der Waals surface area contributed by atoms with E-state index in [1.165, 1.54) is 25.7 Å². The molecule has 0 aromatic heterocycles. The Morgan fingerprint density at radius 2 is 2.00 bits per heavy atom. The minimum Gasteiger partial charge on any atom is -0.396 e. The summed E-state index contributed by atoms with van der Waals surface area (Å²) in [5.41, 5.74) is 0.429. The van der Waals surface area contributed by atoms with Gasteiger partial charge in [-0.2, -0.15) is 0 Å². The molecule has 2 N–H and O–H groups in total. The zero-order valence-electron chi connectivity index (χ0n) is 10.6. The molecule has 0 aromatic carbocycles. The van der Waals surface area contributed by atoms with Crippen molar-refractivity contribution in [1.82, 2.24) is 5.32 Å². The molecule has 0 amide bonds. The van der Waals surface area contributed by atoms with Gasteiger partial charge >= 0.3 is 0 Å². The highest BCUT2D eigenvalue weighted by molar-refractivity contribution is 4.83. The summed E-state index contributed by atoms with van der Waals surface area (Å²) >= 11 is 0. The Hall–Kier alpha value is -0.0800. The molecule has 1 aliphatic rings. The van der Waals surface area contributed by atoms with E-state index in [-0.39, 0.29) is 0 Å². The van der Waals surface area contributed by atoms with Gasteiger partial charge in [-0.25, -0.2) is 0 Å². The van der Waals surface area contributed by atoms with E-state index in [0.29, 0.717) is 18.1 Å². The predicted molar refractivity (Wildman–Crippen MR) is 64.9 cm³/mol. The fraction of sp³-hybridized carbons (Fsp3) is 1.00. The normalized spacial score (nSPS) is 27.2. The van der Waals surface area contributed by atoms with Crippen molar-refractivity contribution in [3.05, 3.63) is 0 Å². The number of hydrogen-bond acceptors (Lipinski definition) is 2. The van der Waals surface area contributed by atoms with Gasteiger partial charge < -0.3 is 10.4 Å². The van der Waals surface area contributed by atoms with Crippen molar-refractivity contribution in [2.45, 2.75) is 58.9 Å². The van der Waals surface area contributed by atoms with Gasteiger partial charge in [-0.1, -0.05) is 27.2 Å². The van der Waals surface area contributed by atoms with Crippen LogP contribution in [0.25, 0.3) is 0 Å². The maximum Gasteiger partial charge on any atom is 0.0434 e. The number of aliphatic hydroxyl groups excluding tert-OH is 1. The van der Waals surface area contributed by atoms with Gasteiger partial charge in [0.1, 0.15) is 0 Å². The van der Waals surface area contributed by atoms with Crippen LogP contribution in [0.5, 0.6) is 0 Å². The van der Waals surface area contributed by atoms with Crippen LogP contribution in [-0.4, -0.2) is 24.3 Å². The van der Waals surface area contributed by atoms with E-state index in [0.717, 1.165) is 18.9 Å². The van der Waals surface area contributed by atoms with Gasteiger partial charge in [-0.15, -0.1) is 0 Å². The Kier molecular flexibility index (Phi) is 5.07. The SMILES string of the molecule is CC(C)(C)CCN[C@@H]1CCC[C@H]1CCO. The highest BCUT2D eigenvalue weighted by Gasteiger charge is 2.26. The molecule has 1 saturated carbocycles. The Labute approximate surface area is 94.5 Å². The lowest BCUT2D eigenvalue weighted by molar-refractivity contribution is 0.238. The molecule has 1 fully saturated rings. The van der Waals surface area contributed by atoms with E-state index in [4.69, 9.17) is 5.11 Å². The molecular formula is C13H27NO. The fourth-order valence-electron chi connectivity index (χ4n) is 2.45. The van der Waals surface area contributed by atoms with E-state index >= 15 is 0 Å². The molecule has 2 nitrogen and oxygen atoms in total. The maximum atomic E-state index is 8.97. The summed E-state index contributed by atoms with van der Waals surface area (Å²) in [6, 6.07) is 0.666. The second-order valence-electron chi connectivity index (χ2n) is 6.07. The Balaban J connectivity index is 2.20. The first-order valence-electron chi connectivity index (χ1n) is 6.37. The molecule has 2 heteroatoms. The van der Waals surface area contributed by atoms with Crippen LogP contribution >= 0.6 is 0 Å². The summed E-state index contributed by atoms with van der Waals surface area (Å²) in [4.78, 5) is 0. The van der Waals surface area contributed by atoms with Gasteiger partial charge in [-0.3, -0.25) is 0 Å². The van der Waals surface area contributed by atoms with Crippen LogP contribution in [0.15, 0.2) is 0 Å². The van der Waals surface area contributed by atoms with Crippen molar-refractivity contribution < 1.29 is 5.11 Å². The summed E-state index contributed by atoms with van der Waals surface area (Å²) in [7, 11) is 0. The van der Waals surface area contributed by atoms with Crippen molar-refractivity contribution in [2.75, 3.05) is 13.2 Å². The van der Waals surface area contributed by atoms with Gasteiger partial charge in [0.15, 0.2) is 0 Å². The molecular weight excluding hydrogens is 186 g/mol. The highest BCUT2D eigenvalue weighted by Crippen LogP contribution is 2.28. The molecule has 2 atom stereocenters. The third kappa shape index (κ3) is 4.98. The minimum atomic E-state index is 0.349. The van der Waals surface area contributed by atoms with Crippen molar-refractivity contribution in [3.8, 4) is 0 Å². The molecule has 90 valence electrons. The summed E-state index contributed by atoms with van der Waals surface area (Å²) in [5.74, 6) is 0.718. The van der Waals surface area contributed by atoms with E-state index < -0.39 is 0 Å². The third-order valence-electron chi connectivity index (χ3n) is 3.44. The zero-order valence-corrected chi connectivity index (χ0v) is 10.6. The number of aliphatic hydroxyl groups is 1. The first-order chi connectivity index (χ1) is 7.03. The largest absolute Gasteiger partial charge is 0.396 e. The Morgan fingerprint density at radius 1 is 1.27 bits per heavy atom. The first kappa shape index (κ1) is 13.0. The van der Waals surface area contributed by atoms with Gasteiger partial charge in [0.05, 0.1) is 0 Å². The van der Waals surface area contributed by atoms with Crippen molar-refractivity contribution in [1.29, 1.82) is 0 Å². The molecule has 1 rings (SSSR count). The average molecular weight is 213 g/mol. The fourth-order valence-corrected chi connectivity index (χ4v) is 2.45. The van der Waals surface area contributed by atoms with Gasteiger partial charge in [0.2, 0.25) is 0 Å². The molecule has 0 radical (unpaired) electrons. The lowest BCUT2D eigenvalue weighted by Gasteiger charge is -2.23. The minimum absolute atomic E-state index is 0.349. The van der Waals surface area contributed by atoms with Crippen LogP contribution in [-0.2, 0) is 0 Å². The van der Waals surface area contributed by atoms with Crippen LogP contribution in [0, 0.1) is 11.3 Å². The van der Waals surface area contributed by atoms with E-state index in [1.54, 1.807) is 0 Å². The smallest absolute Gasteiger partial charge is 0.0434 e. The van der Waals surface area contributed by atoms with Gasteiger partial charge in [0.25, 0.3) is 0 Å². The summed E-state index contributed by atoms with van der Waals surface area (Å²) in [6.07, 6.45) is 6.14. The van der Waals surface area contributed by atoms with Crippen LogP contribution in [0.1, 0.15) is 52.9 Å². The zero-order chi connectivity index (χ0) is 11.3. The summed E-state index contributed by atoms with van der Waals surface area (Å²) < 4.78 is 0. The highest BCUT2D eigenvalue weighted by atomic mass is 16.3. The molecule has 1 aliphatic carbocycles. The van der Waals surface area contributed by atoms with Crippen LogP contribution in [0.4, 0.5) is 0 Å². The molecule has 0 bridgehead atoms. The lowest BCUT2D eigenvalue weighted by atomic mass is 9.92. The summed E-state index contributed by atoms with van der Waals surface area (Å²) in [6.45, 7) is 8.33. The molecule has 0 heterocycles. The number of nitrogens with one attached hydrogen (secondary N) is 1. The van der Waals surface area contributed by atoms with Crippen LogP contribution in [0.2, 0.25) is 0 Å². The maximum absolute atomic E-state index is 8.97. The lowest BCUT2D eigenvalue weighted by Crippen LogP contribution is -2.34. The first-order valence-corrected chi connectivity index (χ1v) is 6.37. The average Bonchev–Trinajstić information content (AvgIpc) is 2.51. The van der Waals surface area contributed by atoms with E-state index in [1.807, 2.05) is 0 Å². The summed E-state index contributed by atoms with van der Waals surface area (Å²) in [5, 5.41) is 12.6. The van der Waals surface area contributed by atoms with Crippen LogP contribution < -0.4 is 5.32 Å². The second-order valence-corrected chi connectivity index (χ2v) is 6.07. The number of hydrogen-bond donors (Lipinski definition) is 2. The Morgan fingerprint density at radius 3 is 2.60 bits per heavy atom.